The molecule has 3 nitrogen and oxygen atoms in total. The van der Waals surface area contributed by atoms with Gasteiger partial charge in [0.1, 0.15) is 5.60 Å². The molecule has 0 saturated heterocycles. The lowest BCUT2D eigenvalue weighted by atomic mass is 9.77. The summed E-state index contributed by atoms with van der Waals surface area (Å²) in [6.45, 7) is 0. The van der Waals surface area contributed by atoms with Crippen molar-refractivity contribution in [3.8, 4) is 0 Å². The highest BCUT2D eigenvalue weighted by atomic mass is 16.5. The Kier molecular flexibility index (Phi) is 2.97. The topological polar surface area (TPSA) is 46.5 Å². The highest BCUT2D eigenvalue weighted by molar-refractivity contribution is 5.71. The van der Waals surface area contributed by atoms with Gasteiger partial charge < -0.3 is 9.84 Å². The van der Waals surface area contributed by atoms with Crippen LogP contribution in [0.2, 0.25) is 0 Å². The Balaban J connectivity index is 2.32. The lowest BCUT2D eigenvalue weighted by Crippen LogP contribution is -2.33. The monoisotopic (exact) mass is 220 g/mol. The van der Waals surface area contributed by atoms with Crippen LogP contribution in [0.15, 0.2) is 24.3 Å². The van der Waals surface area contributed by atoms with E-state index < -0.39 is 5.60 Å². The van der Waals surface area contributed by atoms with Crippen molar-refractivity contribution in [2.75, 3.05) is 7.11 Å². The second kappa shape index (κ2) is 4.26. The van der Waals surface area contributed by atoms with E-state index in [0.29, 0.717) is 6.42 Å². The molecule has 1 aliphatic carbocycles. The maximum atomic E-state index is 11.3. The molecule has 0 aromatic heterocycles. The molecule has 1 aromatic rings. The van der Waals surface area contributed by atoms with E-state index in [2.05, 4.69) is 4.74 Å². The van der Waals surface area contributed by atoms with Gasteiger partial charge in [-0.25, -0.2) is 0 Å². The normalized spacial score (nSPS) is 23.6. The summed E-state index contributed by atoms with van der Waals surface area (Å²) in [5, 5.41) is 10.5. The summed E-state index contributed by atoms with van der Waals surface area (Å²) < 4.78 is 4.63. The Morgan fingerprint density at radius 2 is 2.25 bits per heavy atom. The number of esters is 1. The first-order valence-corrected chi connectivity index (χ1v) is 5.53. The fourth-order valence-corrected chi connectivity index (χ4v) is 2.39. The number of ether oxygens (including phenoxy) is 1. The summed E-state index contributed by atoms with van der Waals surface area (Å²) in [6.07, 6.45) is 2.55. The average Bonchev–Trinajstić information content (AvgIpc) is 2.29. The van der Waals surface area contributed by atoms with Gasteiger partial charge in [-0.15, -0.1) is 0 Å². The molecule has 0 heterocycles. The number of carbonyl (C=O) groups is 1. The number of rotatable bonds is 2. The molecule has 16 heavy (non-hydrogen) atoms. The lowest BCUT2D eigenvalue weighted by molar-refractivity contribution is -0.147. The largest absolute Gasteiger partial charge is 0.469 e. The van der Waals surface area contributed by atoms with Crippen LogP contribution >= 0.6 is 0 Å². The Bertz CT molecular complexity index is 400. The quantitative estimate of drug-likeness (QED) is 0.773. The third-order valence-corrected chi connectivity index (χ3v) is 3.22. The van der Waals surface area contributed by atoms with Gasteiger partial charge >= 0.3 is 5.97 Å². The molecule has 0 unspecified atom stereocenters. The first-order valence-electron chi connectivity index (χ1n) is 5.53. The maximum absolute atomic E-state index is 11.3. The molecule has 0 fully saturated rings. The summed E-state index contributed by atoms with van der Waals surface area (Å²) >= 11 is 0. The van der Waals surface area contributed by atoms with Crippen LogP contribution in [0.3, 0.4) is 0 Å². The van der Waals surface area contributed by atoms with Gasteiger partial charge in [0.2, 0.25) is 0 Å². The van der Waals surface area contributed by atoms with Crippen LogP contribution in [0, 0.1) is 0 Å². The molecule has 0 saturated carbocycles. The molecule has 1 aliphatic rings. The number of aryl methyl sites for hydroxylation is 1. The van der Waals surface area contributed by atoms with Crippen molar-refractivity contribution in [2.45, 2.75) is 31.3 Å². The number of hydrogen-bond acceptors (Lipinski definition) is 3. The van der Waals surface area contributed by atoms with Crippen molar-refractivity contribution in [3.05, 3.63) is 35.4 Å². The van der Waals surface area contributed by atoms with E-state index in [9.17, 15) is 9.90 Å². The summed E-state index contributed by atoms with van der Waals surface area (Å²) in [5.74, 6) is -0.362. The number of carbonyl (C=O) groups excluding carboxylic acids is 1. The van der Waals surface area contributed by atoms with Crippen LogP contribution in [-0.2, 0) is 21.6 Å². The zero-order chi connectivity index (χ0) is 11.6. The SMILES string of the molecule is COC(=O)C[C@@]1(O)CCCc2ccccc21. The van der Waals surface area contributed by atoms with Crippen LogP contribution in [0.4, 0.5) is 0 Å². The fourth-order valence-electron chi connectivity index (χ4n) is 2.39. The van der Waals surface area contributed by atoms with E-state index in [4.69, 9.17) is 0 Å². The first kappa shape index (κ1) is 11.1. The van der Waals surface area contributed by atoms with Crippen LogP contribution in [0.25, 0.3) is 0 Å². The molecule has 0 amide bonds. The van der Waals surface area contributed by atoms with Crippen molar-refractivity contribution in [1.82, 2.24) is 0 Å². The molecule has 1 N–H and O–H groups in total. The molecule has 0 radical (unpaired) electrons. The van der Waals surface area contributed by atoms with Gasteiger partial charge in [0.25, 0.3) is 0 Å². The van der Waals surface area contributed by atoms with E-state index in [1.54, 1.807) is 0 Å². The molecule has 0 aliphatic heterocycles. The summed E-state index contributed by atoms with van der Waals surface area (Å²) in [5.41, 5.74) is 0.980. The van der Waals surface area contributed by atoms with E-state index >= 15 is 0 Å². The van der Waals surface area contributed by atoms with E-state index in [0.717, 1.165) is 24.0 Å². The third kappa shape index (κ3) is 1.95. The predicted octanol–water partition coefficient (Wildman–Crippen LogP) is 1.77. The lowest BCUT2D eigenvalue weighted by Gasteiger charge is -2.33. The van der Waals surface area contributed by atoms with Gasteiger partial charge in [-0.1, -0.05) is 24.3 Å². The van der Waals surface area contributed by atoms with E-state index in [1.165, 1.54) is 7.11 Å². The minimum Gasteiger partial charge on any atom is -0.469 e. The Morgan fingerprint density at radius 1 is 1.50 bits per heavy atom. The molecule has 1 aromatic carbocycles. The van der Waals surface area contributed by atoms with Crippen molar-refractivity contribution in [3.63, 3.8) is 0 Å². The summed E-state index contributed by atoms with van der Waals surface area (Å²) in [7, 11) is 1.35. The third-order valence-electron chi connectivity index (χ3n) is 3.22. The molecule has 1 atom stereocenters. The second-order valence-electron chi connectivity index (χ2n) is 4.30. The molecular weight excluding hydrogens is 204 g/mol. The number of fused-ring (bicyclic) bond motifs is 1. The average molecular weight is 220 g/mol. The standard InChI is InChI=1S/C13H16O3/c1-16-12(14)9-13(15)8-4-6-10-5-2-3-7-11(10)13/h2-3,5,7,15H,4,6,8-9H2,1H3/t13-/m0/s1. The first-order chi connectivity index (χ1) is 7.65. The van der Waals surface area contributed by atoms with Crippen LogP contribution < -0.4 is 0 Å². The number of aliphatic hydroxyl groups is 1. The van der Waals surface area contributed by atoms with Crippen LogP contribution in [0.1, 0.15) is 30.4 Å². The predicted molar refractivity (Wildman–Crippen MR) is 59.9 cm³/mol. The maximum Gasteiger partial charge on any atom is 0.308 e. The second-order valence-corrected chi connectivity index (χ2v) is 4.30. The molecule has 0 bridgehead atoms. The fraction of sp³-hybridized carbons (Fsp3) is 0.462. The zero-order valence-corrected chi connectivity index (χ0v) is 9.40. The van der Waals surface area contributed by atoms with Gasteiger partial charge in [0, 0.05) is 0 Å². The highest BCUT2D eigenvalue weighted by Gasteiger charge is 2.36. The Hall–Kier alpha value is -1.35. The minimum atomic E-state index is -1.04. The van der Waals surface area contributed by atoms with Crippen molar-refractivity contribution in [2.24, 2.45) is 0 Å². The van der Waals surface area contributed by atoms with E-state index in [-0.39, 0.29) is 12.4 Å². The van der Waals surface area contributed by atoms with E-state index in [1.807, 2.05) is 24.3 Å². The summed E-state index contributed by atoms with van der Waals surface area (Å²) in [6, 6.07) is 7.77. The number of methoxy groups -OCH3 is 1. The Morgan fingerprint density at radius 3 is 3.00 bits per heavy atom. The van der Waals surface area contributed by atoms with Crippen LogP contribution in [0.5, 0.6) is 0 Å². The van der Waals surface area contributed by atoms with Gasteiger partial charge in [0.15, 0.2) is 0 Å². The van der Waals surface area contributed by atoms with Gasteiger partial charge in [-0.2, -0.15) is 0 Å². The smallest absolute Gasteiger partial charge is 0.308 e. The summed E-state index contributed by atoms with van der Waals surface area (Å²) in [4.78, 5) is 11.3. The molecular formula is C13H16O3. The van der Waals surface area contributed by atoms with Gasteiger partial charge in [0.05, 0.1) is 13.5 Å². The molecule has 2 rings (SSSR count). The van der Waals surface area contributed by atoms with Crippen molar-refractivity contribution < 1.29 is 14.6 Å². The van der Waals surface area contributed by atoms with Crippen molar-refractivity contribution >= 4 is 5.97 Å². The van der Waals surface area contributed by atoms with Crippen LogP contribution in [-0.4, -0.2) is 18.2 Å². The minimum absolute atomic E-state index is 0.0422. The molecule has 3 heteroatoms. The van der Waals surface area contributed by atoms with Crippen molar-refractivity contribution in [1.29, 1.82) is 0 Å². The van der Waals surface area contributed by atoms with Gasteiger partial charge in [-0.3, -0.25) is 4.79 Å². The van der Waals surface area contributed by atoms with Gasteiger partial charge in [-0.05, 0) is 30.4 Å². The molecule has 86 valence electrons. The highest BCUT2D eigenvalue weighted by Crippen LogP contribution is 2.37. The Labute approximate surface area is 95.0 Å². The zero-order valence-electron chi connectivity index (χ0n) is 9.40. The number of hydrogen-bond donors (Lipinski definition) is 1. The number of benzene rings is 1. The molecule has 0 spiro atoms.